The number of ether oxygens (including phenoxy) is 1. The van der Waals surface area contributed by atoms with E-state index < -0.39 is 0 Å². The van der Waals surface area contributed by atoms with E-state index in [2.05, 4.69) is 20.3 Å². The van der Waals surface area contributed by atoms with Crippen molar-refractivity contribution in [3.8, 4) is 0 Å². The molecule has 1 saturated heterocycles. The summed E-state index contributed by atoms with van der Waals surface area (Å²) < 4.78 is 13.5. The summed E-state index contributed by atoms with van der Waals surface area (Å²) in [6.45, 7) is 3.51. The Bertz CT molecular complexity index is 856. The molecule has 7 nitrogen and oxygen atoms in total. The highest BCUT2D eigenvalue weighted by atomic mass is 16.5. The molecule has 1 aliphatic heterocycles. The van der Waals surface area contributed by atoms with Crippen molar-refractivity contribution < 1.29 is 9.15 Å². The molecule has 0 N–H and O–H groups in total. The molecule has 0 amide bonds. The Morgan fingerprint density at radius 1 is 1.28 bits per heavy atom. The lowest BCUT2D eigenvalue weighted by molar-refractivity contribution is 0.0627. The molecule has 25 heavy (non-hydrogen) atoms. The van der Waals surface area contributed by atoms with Crippen LogP contribution < -0.4 is 0 Å². The molecular formula is C18H19N5O2. The highest BCUT2D eigenvalue weighted by Crippen LogP contribution is 2.34. The fraction of sp³-hybridized carbons (Fsp3) is 0.333. The van der Waals surface area contributed by atoms with Crippen molar-refractivity contribution in [1.82, 2.24) is 25.0 Å². The molecule has 2 atom stereocenters. The lowest BCUT2D eigenvalue weighted by Gasteiger charge is -2.14. The number of hydrogen-bond acceptors (Lipinski definition) is 6. The van der Waals surface area contributed by atoms with Crippen molar-refractivity contribution >= 4 is 12.2 Å². The van der Waals surface area contributed by atoms with Crippen LogP contribution in [-0.4, -0.2) is 31.6 Å². The zero-order chi connectivity index (χ0) is 17.1. The van der Waals surface area contributed by atoms with Crippen LogP contribution in [0.3, 0.4) is 0 Å². The van der Waals surface area contributed by atoms with Crippen molar-refractivity contribution in [2.75, 3.05) is 6.61 Å². The van der Waals surface area contributed by atoms with Gasteiger partial charge in [-0.1, -0.05) is 0 Å². The summed E-state index contributed by atoms with van der Waals surface area (Å²) in [5.41, 5.74) is 2.17. The van der Waals surface area contributed by atoms with Crippen LogP contribution in [0.4, 0.5) is 0 Å². The first kappa shape index (κ1) is 15.7. The Morgan fingerprint density at radius 3 is 3.08 bits per heavy atom. The first-order valence-electron chi connectivity index (χ1n) is 8.31. The van der Waals surface area contributed by atoms with Gasteiger partial charge in [0.1, 0.15) is 6.10 Å². The monoisotopic (exact) mass is 337 g/mol. The first-order valence-corrected chi connectivity index (χ1v) is 8.31. The predicted octanol–water partition coefficient (Wildman–Crippen LogP) is 2.92. The van der Waals surface area contributed by atoms with E-state index >= 15 is 0 Å². The van der Waals surface area contributed by atoms with E-state index in [-0.39, 0.29) is 12.0 Å². The molecule has 4 rings (SSSR count). The maximum Gasteiger partial charge on any atom is 0.245 e. The molecule has 0 spiro atoms. The summed E-state index contributed by atoms with van der Waals surface area (Å²) in [6, 6.07) is 3.88. The molecule has 0 bridgehead atoms. The Morgan fingerprint density at radius 2 is 2.24 bits per heavy atom. The van der Waals surface area contributed by atoms with E-state index in [0.29, 0.717) is 18.4 Å². The quantitative estimate of drug-likeness (QED) is 0.712. The van der Waals surface area contributed by atoms with Gasteiger partial charge in [0.05, 0.1) is 0 Å². The molecule has 0 radical (unpaired) electrons. The Kier molecular flexibility index (Phi) is 4.39. The Hall–Kier alpha value is -2.80. The molecule has 3 aromatic heterocycles. The SMILES string of the molecule is Cc1ccncc1/C=C/c1nnc([C@H]2OCC[C@H]2Cn2cccn2)o1. The van der Waals surface area contributed by atoms with E-state index in [1.807, 2.05) is 42.2 Å². The highest BCUT2D eigenvalue weighted by Gasteiger charge is 2.34. The fourth-order valence-electron chi connectivity index (χ4n) is 2.98. The zero-order valence-corrected chi connectivity index (χ0v) is 13.9. The molecule has 1 fully saturated rings. The van der Waals surface area contributed by atoms with Crippen LogP contribution in [0.5, 0.6) is 0 Å². The van der Waals surface area contributed by atoms with Gasteiger partial charge >= 0.3 is 0 Å². The fourth-order valence-corrected chi connectivity index (χ4v) is 2.98. The topological polar surface area (TPSA) is 78.9 Å². The van der Waals surface area contributed by atoms with Crippen molar-refractivity contribution in [2.45, 2.75) is 26.0 Å². The minimum absolute atomic E-state index is 0.182. The van der Waals surface area contributed by atoms with Gasteiger partial charge in [0.25, 0.3) is 0 Å². The second-order valence-electron chi connectivity index (χ2n) is 6.11. The number of aromatic nitrogens is 5. The summed E-state index contributed by atoms with van der Waals surface area (Å²) in [7, 11) is 0. The molecule has 7 heteroatoms. The molecule has 4 heterocycles. The summed E-state index contributed by atoms with van der Waals surface area (Å²) in [4.78, 5) is 4.13. The Balaban J connectivity index is 1.48. The average molecular weight is 337 g/mol. The van der Waals surface area contributed by atoms with Crippen LogP contribution in [0.2, 0.25) is 0 Å². The lowest BCUT2D eigenvalue weighted by Crippen LogP contribution is -2.15. The Labute approximate surface area is 145 Å². The van der Waals surface area contributed by atoms with Crippen molar-refractivity contribution in [1.29, 1.82) is 0 Å². The van der Waals surface area contributed by atoms with Crippen LogP contribution in [-0.2, 0) is 11.3 Å². The van der Waals surface area contributed by atoms with Gasteiger partial charge in [0.15, 0.2) is 0 Å². The van der Waals surface area contributed by atoms with E-state index in [0.717, 1.165) is 24.1 Å². The van der Waals surface area contributed by atoms with E-state index in [4.69, 9.17) is 9.15 Å². The highest BCUT2D eigenvalue weighted by molar-refractivity contribution is 5.67. The summed E-state index contributed by atoms with van der Waals surface area (Å²) in [5, 5.41) is 12.5. The van der Waals surface area contributed by atoms with Gasteiger partial charge in [0, 0.05) is 49.9 Å². The largest absolute Gasteiger partial charge is 0.418 e. The maximum atomic E-state index is 5.82. The number of hydrogen-bond donors (Lipinski definition) is 0. The van der Waals surface area contributed by atoms with Crippen molar-refractivity contribution in [3.63, 3.8) is 0 Å². The number of pyridine rings is 1. The van der Waals surface area contributed by atoms with E-state index in [1.165, 1.54) is 0 Å². The molecule has 0 saturated carbocycles. The molecule has 128 valence electrons. The van der Waals surface area contributed by atoms with Crippen LogP contribution >= 0.6 is 0 Å². The van der Waals surface area contributed by atoms with Crippen LogP contribution in [0.25, 0.3) is 12.2 Å². The van der Waals surface area contributed by atoms with Crippen molar-refractivity contribution in [3.05, 3.63) is 59.8 Å². The number of aryl methyl sites for hydroxylation is 1. The smallest absolute Gasteiger partial charge is 0.245 e. The third kappa shape index (κ3) is 3.51. The van der Waals surface area contributed by atoms with Gasteiger partial charge in [-0.2, -0.15) is 5.10 Å². The van der Waals surface area contributed by atoms with Crippen LogP contribution in [0.15, 0.2) is 41.3 Å². The number of rotatable bonds is 5. The van der Waals surface area contributed by atoms with E-state index in [9.17, 15) is 0 Å². The predicted molar refractivity (Wildman–Crippen MR) is 91.2 cm³/mol. The van der Waals surface area contributed by atoms with Gasteiger partial charge in [-0.15, -0.1) is 10.2 Å². The van der Waals surface area contributed by atoms with Crippen LogP contribution in [0, 0.1) is 12.8 Å². The molecule has 3 aromatic rings. The van der Waals surface area contributed by atoms with Crippen LogP contribution in [0.1, 0.15) is 35.4 Å². The summed E-state index contributed by atoms with van der Waals surface area (Å²) >= 11 is 0. The summed E-state index contributed by atoms with van der Waals surface area (Å²) in [5.74, 6) is 1.27. The normalized spacial score (nSPS) is 20.5. The van der Waals surface area contributed by atoms with Gasteiger partial charge in [-0.3, -0.25) is 9.67 Å². The first-order chi connectivity index (χ1) is 12.3. The lowest BCUT2D eigenvalue weighted by atomic mass is 10.0. The third-order valence-electron chi connectivity index (χ3n) is 4.38. The van der Waals surface area contributed by atoms with Gasteiger partial charge in [-0.25, -0.2) is 0 Å². The third-order valence-corrected chi connectivity index (χ3v) is 4.38. The molecule has 0 aliphatic carbocycles. The maximum absolute atomic E-state index is 5.82. The second kappa shape index (κ2) is 6.98. The number of nitrogens with zero attached hydrogens (tertiary/aromatic N) is 5. The zero-order valence-electron chi connectivity index (χ0n) is 13.9. The minimum atomic E-state index is -0.182. The molecular weight excluding hydrogens is 318 g/mol. The second-order valence-corrected chi connectivity index (χ2v) is 6.11. The van der Waals surface area contributed by atoms with Gasteiger partial charge in [-0.05, 0) is 42.7 Å². The van der Waals surface area contributed by atoms with Gasteiger partial charge < -0.3 is 9.15 Å². The summed E-state index contributed by atoms with van der Waals surface area (Å²) in [6.07, 6.45) is 11.8. The minimum Gasteiger partial charge on any atom is -0.418 e. The van der Waals surface area contributed by atoms with Crippen molar-refractivity contribution in [2.24, 2.45) is 5.92 Å². The molecule has 0 aromatic carbocycles. The van der Waals surface area contributed by atoms with E-state index in [1.54, 1.807) is 18.5 Å². The molecule has 0 unspecified atom stereocenters. The van der Waals surface area contributed by atoms with Gasteiger partial charge in [0.2, 0.25) is 11.8 Å². The standard InChI is InChI=1S/C18H19N5O2/c1-13-5-8-19-11-14(13)3-4-16-21-22-18(25-16)17-15(6-10-24-17)12-23-9-2-7-20-23/h2-5,7-9,11,15,17H,6,10,12H2,1H3/b4-3+/t15-,17-/m0/s1. The average Bonchev–Trinajstić information content (AvgIpc) is 3.36. The molecule has 1 aliphatic rings.